The van der Waals surface area contributed by atoms with Gasteiger partial charge < -0.3 is 10.2 Å². The summed E-state index contributed by atoms with van der Waals surface area (Å²) < 4.78 is 13.0. The highest BCUT2D eigenvalue weighted by atomic mass is 19.1. The minimum absolute atomic E-state index is 0.00596. The molecule has 0 spiro atoms. The fourth-order valence-corrected chi connectivity index (χ4v) is 3.81. The van der Waals surface area contributed by atoms with E-state index in [9.17, 15) is 14.0 Å². The van der Waals surface area contributed by atoms with E-state index < -0.39 is 0 Å². The Morgan fingerprint density at radius 3 is 2.69 bits per heavy atom. The molecule has 1 fully saturated rings. The minimum Gasteiger partial charge on any atom is -0.348 e. The summed E-state index contributed by atoms with van der Waals surface area (Å²) >= 11 is 0. The maximum atomic E-state index is 13.0. The van der Waals surface area contributed by atoms with E-state index in [0.29, 0.717) is 35.9 Å². The van der Waals surface area contributed by atoms with Gasteiger partial charge in [0, 0.05) is 37.9 Å². The van der Waals surface area contributed by atoms with Gasteiger partial charge in [-0.3, -0.25) is 14.6 Å². The second-order valence-corrected chi connectivity index (χ2v) is 7.84. The van der Waals surface area contributed by atoms with Crippen molar-refractivity contribution in [1.29, 1.82) is 0 Å². The highest BCUT2D eigenvalue weighted by molar-refractivity contribution is 5.94. The molecular weight excluding hydrogens is 409 g/mol. The van der Waals surface area contributed by atoms with Crippen molar-refractivity contribution in [1.82, 2.24) is 25.2 Å². The first kappa shape index (κ1) is 21.5. The van der Waals surface area contributed by atoms with Gasteiger partial charge >= 0.3 is 0 Å². The van der Waals surface area contributed by atoms with E-state index in [1.165, 1.54) is 18.3 Å². The summed E-state index contributed by atoms with van der Waals surface area (Å²) in [5.74, 6) is -0.0525. The molecule has 164 valence electrons. The van der Waals surface area contributed by atoms with Crippen molar-refractivity contribution in [3.8, 4) is 0 Å². The quantitative estimate of drug-likeness (QED) is 0.667. The molecule has 8 heteroatoms. The number of carbonyl (C=O) groups excluding carboxylic acids is 2. The zero-order chi connectivity index (χ0) is 22.5. The monoisotopic (exact) mass is 433 g/mol. The predicted octanol–water partition coefficient (Wildman–Crippen LogP) is 3.27. The smallest absolute Gasteiger partial charge is 0.272 e. The van der Waals surface area contributed by atoms with Crippen LogP contribution in [0.2, 0.25) is 0 Å². The standard InChI is InChI=1S/C24H24FN5O2/c1-16-20(23(31)28-13-17-7-9-19(25)10-8-17)14-27-22(29-16)18-5-4-12-30(15-18)24(32)21-6-2-3-11-26-21/h2-3,6-11,14,18H,4-5,12-13,15H2,1H3,(H,28,31)/t18-/m0/s1. The first-order valence-electron chi connectivity index (χ1n) is 10.6. The van der Waals surface area contributed by atoms with Crippen LogP contribution in [0.15, 0.2) is 54.9 Å². The highest BCUT2D eigenvalue weighted by Gasteiger charge is 2.28. The molecule has 3 heterocycles. The summed E-state index contributed by atoms with van der Waals surface area (Å²) in [4.78, 5) is 40.3. The Balaban J connectivity index is 1.41. The third-order valence-corrected chi connectivity index (χ3v) is 5.57. The van der Waals surface area contributed by atoms with Gasteiger partial charge in [0.15, 0.2) is 0 Å². The van der Waals surface area contributed by atoms with Gasteiger partial charge in [0.2, 0.25) is 0 Å². The maximum absolute atomic E-state index is 13.0. The van der Waals surface area contributed by atoms with Crippen molar-refractivity contribution in [3.63, 3.8) is 0 Å². The Kier molecular flexibility index (Phi) is 6.49. The van der Waals surface area contributed by atoms with Gasteiger partial charge in [-0.15, -0.1) is 0 Å². The van der Waals surface area contributed by atoms with E-state index in [0.717, 1.165) is 18.4 Å². The fraction of sp³-hybridized carbons (Fsp3) is 0.292. The Morgan fingerprint density at radius 1 is 1.16 bits per heavy atom. The van der Waals surface area contributed by atoms with E-state index in [1.807, 2.05) is 0 Å². The molecule has 2 aromatic heterocycles. The normalized spacial score (nSPS) is 15.9. The number of aromatic nitrogens is 3. The third-order valence-electron chi connectivity index (χ3n) is 5.57. The number of amides is 2. The van der Waals surface area contributed by atoms with Crippen molar-refractivity contribution in [2.75, 3.05) is 13.1 Å². The molecule has 0 saturated carbocycles. The molecule has 0 bridgehead atoms. The molecule has 2 amide bonds. The van der Waals surface area contributed by atoms with Crippen LogP contribution in [0.3, 0.4) is 0 Å². The number of carbonyl (C=O) groups is 2. The van der Waals surface area contributed by atoms with Crippen LogP contribution in [-0.2, 0) is 6.54 Å². The summed E-state index contributed by atoms with van der Waals surface area (Å²) in [5, 5.41) is 2.81. The molecule has 1 aliphatic rings. The van der Waals surface area contributed by atoms with Crippen LogP contribution >= 0.6 is 0 Å². The molecule has 0 radical (unpaired) electrons. The van der Waals surface area contributed by atoms with Crippen LogP contribution in [-0.4, -0.2) is 44.8 Å². The molecule has 4 rings (SSSR count). The Morgan fingerprint density at radius 2 is 1.97 bits per heavy atom. The number of rotatable bonds is 5. The van der Waals surface area contributed by atoms with Crippen LogP contribution in [0.1, 0.15) is 56.7 Å². The number of piperidine rings is 1. The zero-order valence-electron chi connectivity index (χ0n) is 17.8. The number of nitrogens with one attached hydrogen (secondary N) is 1. The van der Waals surface area contributed by atoms with Crippen LogP contribution in [0.5, 0.6) is 0 Å². The van der Waals surface area contributed by atoms with Crippen molar-refractivity contribution in [2.45, 2.75) is 32.2 Å². The lowest BCUT2D eigenvalue weighted by atomic mass is 9.96. The number of aryl methyl sites for hydroxylation is 1. The van der Waals surface area contributed by atoms with Crippen molar-refractivity contribution >= 4 is 11.8 Å². The van der Waals surface area contributed by atoms with Gasteiger partial charge in [0.1, 0.15) is 17.3 Å². The van der Waals surface area contributed by atoms with E-state index in [1.54, 1.807) is 48.4 Å². The molecule has 3 aromatic rings. The number of hydrogen-bond acceptors (Lipinski definition) is 5. The first-order valence-corrected chi connectivity index (χ1v) is 10.6. The Hall–Kier alpha value is -3.68. The molecular formula is C24H24FN5O2. The number of nitrogens with zero attached hydrogens (tertiary/aromatic N) is 4. The molecule has 1 aromatic carbocycles. The van der Waals surface area contributed by atoms with Crippen LogP contribution in [0.4, 0.5) is 4.39 Å². The van der Waals surface area contributed by atoms with Crippen LogP contribution < -0.4 is 5.32 Å². The SMILES string of the molecule is Cc1nc([C@H]2CCCN(C(=O)c3ccccn3)C2)ncc1C(=O)NCc1ccc(F)cc1. The number of halogens is 1. The van der Waals surface area contributed by atoms with Crippen molar-refractivity contribution in [2.24, 2.45) is 0 Å². The average Bonchev–Trinajstić information content (AvgIpc) is 2.83. The number of pyridine rings is 1. The molecule has 7 nitrogen and oxygen atoms in total. The van der Waals surface area contributed by atoms with Crippen LogP contribution in [0.25, 0.3) is 0 Å². The molecule has 0 aliphatic carbocycles. The average molecular weight is 433 g/mol. The van der Waals surface area contributed by atoms with Crippen molar-refractivity contribution in [3.05, 3.63) is 89.0 Å². The number of likely N-dealkylation sites (tertiary alicyclic amines) is 1. The topological polar surface area (TPSA) is 88.1 Å². The summed E-state index contributed by atoms with van der Waals surface area (Å²) in [6, 6.07) is 11.3. The van der Waals surface area contributed by atoms with Gasteiger partial charge in [-0.05, 0) is 49.6 Å². The van der Waals surface area contributed by atoms with Gasteiger partial charge in [-0.25, -0.2) is 14.4 Å². The largest absolute Gasteiger partial charge is 0.348 e. The molecule has 1 aliphatic heterocycles. The van der Waals surface area contributed by atoms with Gasteiger partial charge in [0.25, 0.3) is 11.8 Å². The third kappa shape index (κ3) is 4.96. The first-order chi connectivity index (χ1) is 15.5. The Labute approximate surface area is 185 Å². The van der Waals surface area contributed by atoms with E-state index in [4.69, 9.17) is 0 Å². The molecule has 1 N–H and O–H groups in total. The lowest BCUT2D eigenvalue weighted by molar-refractivity contribution is 0.0698. The fourth-order valence-electron chi connectivity index (χ4n) is 3.81. The van der Waals surface area contributed by atoms with Crippen molar-refractivity contribution < 1.29 is 14.0 Å². The number of hydrogen-bond donors (Lipinski definition) is 1. The molecule has 32 heavy (non-hydrogen) atoms. The zero-order valence-corrected chi connectivity index (χ0v) is 17.8. The van der Waals surface area contributed by atoms with Crippen LogP contribution in [0, 0.1) is 12.7 Å². The van der Waals surface area contributed by atoms with E-state index >= 15 is 0 Å². The predicted molar refractivity (Wildman–Crippen MR) is 116 cm³/mol. The lowest BCUT2D eigenvalue weighted by Gasteiger charge is -2.32. The summed E-state index contributed by atoms with van der Waals surface area (Å²) in [7, 11) is 0. The van der Waals surface area contributed by atoms with E-state index in [-0.39, 0.29) is 30.1 Å². The van der Waals surface area contributed by atoms with Gasteiger partial charge in [0.05, 0.1) is 11.3 Å². The Bertz CT molecular complexity index is 1110. The molecule has 1 atom stereocenters. The van der Waals surface area contributed by atoms with Gasteiger partial charge in [-0.2, -0.15) is 0 Å². The second-order valence-electron chi connectivity index (χ2n) is 7.84. The lowest BCUT2D eigenvalue weighted by Crippen LogP contribution is -2.40. The van der Waals surface area contributed by atoms with E-state index in [2.05, 4.69) is 20.3 Å². The number of benzene rings is 1. The maximum Gasteiger partial charge on any atom is 0.272 e. The highest BCUT2D eigenvalue weighted by Crippen LogP contribution is 2.26. The minimum atomic E-state index is -0.317. The second kappa shape index (κ2) is 9.64. The summed E-state index contributed by atoms with van der Waals surface area (Å²) in [5.41, 5.74) is 2.21. The summed E-state index contributed by atoms with van der Waals surface area (Å²) in [6.07, 6.45) is 4.88. The summed E-state index contributed by atoms with van der Waals surface area (Å²) in [6.45, 7) is 3.25. The van der Waals surface area contributed by atoms with Gasteiger partial charge in [-0.1, -0.05) is 18.2 Å². The molecule has 0 unspecified atom stereocenters. The molecule has 1 saturated heterocycles.